The van der Waals surface area contributed by atoms with Crippen LogP contribution in [0.2, 0.25) is 0 Å². The number of amides is 2. The Bertz CT molecular complexity index is 601. The van der Waals surface area contributed by atoms with E-state index in [0.717, 1.165) is 0 Å². The molecule has 1 aromatic carbocycles. The van der Waals surface area contributed by atoms with E-state index in [9.17, 15) is 9.59 Å². The van der Waals surface area contributed by atoms with Crippen molar-refractivity contribution in [2.75, 3.05) is 24.7 Å². The average Bonchev–Trinajstić information content (AvgIpc) is 2.50. The normalized spacial score (nSPS) is 24.8. The van der Waals surface area contributed by atoms with Crippen LogP contribution in [0.1, 0.15) is 20.3 Å². The summed E-state index contributed by atoms with van der Waals surface area (Å²) < 4.78 is 11.0. The second kappa shape index (κ2) is 4.95. The lowest BCUT2D eigenvalue weighted by Gasteiger charge is -2.39. The molecule has 0 radical (unpaired) electrons. The molecule has 6 nitrogen and oxygen atoms in total. The standard InChI is InChI=1S/C15H18N2O4/c1-3-15(2)14(19)17(9-13(18)16-15)10-4-5-11-12(8-10)21-7-6-20-11/h4-5,8H,3,6-7,9H2,1-2H3,(H,16,18). The Hall–Kier alpha value is -2.24. The molecule has 3 rings (SSSR count). The molecular weight excluding hydrogens is 272 g/mol. The van der Waals surface area contributed by atoms with Gasteiger partial charge >= 0.3 is 0 Å². The second-order valence-electron chi connectivity index (χ2n) is 5.45. The number of fused-ring (bicyclic) bond motifs is 1. The van der Waals surface area contributed by atoms with Gasteiger partial charge in [0.15, 0.2) is 11.5 Å². The number of piperazine rings is 1. The lowest BCUT2D eigenvalue weighted by atomic mass is 9.94. The van der Waals surface area contributed by atoms with E-state index < -0.39 is 5.54 Å². The number of anilines is 1. The molecule has 0 spiro atoms. The van der Waals surface area contributed by atoms with Crippen molar-refractivity contribution in [3.63, 3.8) is 0 Å². The van der Waals surface area contributed by atoms with Crippen LogP contribution in [0.15, 0.2) is 18.2 Å². The van der Waals surface area contributed by atoms with Crippen molar-refractivity contribution in [3.05, 3.63) is 18.2 Å². The number of hydrogen-bond acceptors (Lipinski definition) is 4. The lowest BCUT2D eigenvalue weighted by Crippen LogP contribution is -2.65. The summed E-state index contributed by atoms with van der Waals surface area (Å²) in [5.74, 6) is 1.00. The molecule has 1 unspecified atom stereocenters. The van der Waals surface area contributed by atoms with Gasteiger partial charge in [-0.2, -0.15) is 0 Å². The fourth-order valence-electron chi connectivity index (χ4n) is 2.56. The highest BCUT2D eigenvalue weighted by molar-refractivity contribution is 6.09. The summed E-state index contributed by atoms with van der Waals surface area (Å²) in [4.78, 5) is 26.0. The highest BCUT2D eigenvalue weighted by atomic mass is 16.6. The number of benzene rings is 1. The molecule has 21 heavy (non-hydrogen) atoms. The summed E-state index contributed by atoms with van der Waals surface area (Å²) in [6, 6.07) is 5.30. The van der Waals surface area contributed by atoms with Crippen LogP contribution in [0.25, 0.3) is 0 Å². The van der Waals surface area contributed by atoms with E-state index in [1.165, 1.54) is 4.90 Å². The molecule has 2 aliphatic rings. The molecule has 1 N–H and O–H groups in total. The van der Waals surface area contributed by atoms with E-state index in [1.807, 2.05) is 6.92 Å². The van der Waals surface area contributed by atoms with E-state index in [-0.39, 0.29) is 18.4 Å². The second-order valence-corrected chi connectivity index (χ2v) is 5.45. The molecular formula is C15H18N2O4. The third-order valence-corrected chi connectivity index (χ3v) is 3.98. The van der Waals surface area contributed by atoms with E-state index >= 15 is 0 Å². The van der Waals surface area contributed by atoms with Crippen LogP contribution in [-0.2, 0) is 9.59 Å². The number of rotatable bonds is 2. The van der Waals surface area contributed by atoms with Crippen LogP contribution in [0, 0.1) is 0 Å². The predicted octanol–water partition coefficient (Wildman–Crippen LogP) is 1.09. The van der Waals surface area contributed by atoms with Crippen LogP contribution >= 0.6 is 0 Å². The van der Waals surface area contributed by atoms with Gasteiger partial charge in [-0.1, -0.05) is 6.92 Å². The van der Waals surface area contributed by atoms with Crippen LogP contribution in [-0.4, -0.2) is 37.1 Å². The van der Waals surface area contributed by atoms with E-state index in [1.54, 1.807) is 25.1 Å². The third kappa shape index (κ3) is 2.30. The van der Waals surface area contributed by atoms with Gasteiger partial charge in [-0.3, -0.25) is 9.59 Å². The minimum absolute atomic E-state index is 0.0219. The number of ether oxygens (including phenoxy) is 2. The Morgan fingerprint density at radius 1 is 1.24 bits per heavy atom. The first-order valence-electron chi connectivity index (χ1n) is 7.06. The SMILES string of the molecule is CCC1(C)NC(=O)CN(c2ccc3c(c2)OCCO3)C1=O. The topological polar surface area (TPSA) is 67.9 Å². The van der Waals surface area contributed by atoms with Crippen LogP contribution in [0.5, 0.6) is 11.5 Å². The minimum atomic E-state index is -0.859. The monoisotopic (exact) mass is 290 g/mol. The molecule has 0 bridgehead atoms. The molecule has 1 saturated heterocycles. The molecule has 2 aliphatic heterocycles. The van der Waals surface area contributed by atoms with Crippen LogP contribution in [0.3, 0.4) is 0 Å². The van der Waals surface area contributed by atoms with E-state index in [2.05, 4.69) is 5.32 Å². The van der Waals surface area contributed by atoms with Gasteiger partial charge in [-0.15, -0.1) is 0 Å². The summed E-state index contributed by atoms with van der Waals surface area (Å²) in [7, 11) is 0. The molecule has 2 amide bonds. The van der Waals surface area contributed by atoms with Crippen molar-refractivity contribution in [3.8, 4) is 11.5 Å². The Balaban J connectivity index is 1.95. The molecule has 0 aliphatic carbocycles. The Kier molecular flexibility index (Phi) is 3.23. The molecule has 1 fully saturated rings. The molecule has 1 atom stereocenters. The smallest absolute Gasteiger partial charge is 0.252 e. The van der Waals surface area contributed by atoms with Crippen molar-refractivity contribution in [1.82, 2.24) is 5.32 Å². The number of hydrogen-bond donors (Lipinski definition) is 1. The van der Waals surface area contributed by atoms with Crippen LogP contribution in [0.4, 0.5) is 5.69 Å². The summed E-state index contributed by atoms with van der Waals surface area (Å²) in [6.45, 7) is 4.65. The van der Waals surface area contributed by atoms with Crippen molar-refractivity contribution in [1.29, 1.82) is 0 Å². The number of carbonyl (C=O) groups excluding carboxylic acids is 2. The maximum atomic E-state index is 12.6. The highest BCUT2D eigenvalue weighted by Gasteiger charge is 2.42. The van der Waals surface area contributed by atoms with Crippen molar-refractivity contribution in [2.24, 2.45) is 0 Å². The quantitative estimate of drug-likeness (QED) is 0.885. The van der Waals surface area contributed by atoms with Crippen LogP contribution < -0.4 is 19.7 Å². The first-order chi connectivity index (χ1) is 10.0. The minimum Gasteiger partial charge on any atom is -0.486 e. The maximum absolute atomic E-state index is 12.6. The van der Waals surface area contributed by atoms with Gasteiger partial charge in [-0.05, 0) is 25.5 Å². The van der Waals surface area contributed by atoms with Gasteiger partial charge in [0.1, 0.15) is 25.3 Å². The molecule has 0 saturated carbocycles. The van der Waals surface area contributed by atoms with Crippen molar-refractivity contribution < 1.29 is 19.1 Å². The molecule has 0 aromatic heterocycles. The van der Waals surface area contributed by atoms with Crippen molar-refractivity contribution in [2.45, 2.75) is 25.8 Å². The van der Waals surface area contributed by atoms with Gasteiger partial charge in [0, 0.05) is 11.8 Å². The van der Waals surface area contributed by atoms with Crippen molar-refractivity contribution >= 4 is 17.5 Å². The predicted molar refractivity (Wildman–Crippen MR) is 76.6 cm³/mol. The summed E-state index contributed by atoms with van der Waals surface area (Å²) in [5, 5.41) is 2.77. The fraction of sp³-hybridized carbons (Fsp3) is 0.467. The summed E-state index contributed by atoms with van der Waals surface area (Å²) in [5.41, 5.74) is -0.207. The molecule has 6 heteroatoms. The zero-order valence-corrected chi connectivity index (χ0v) is 12.1. The van der Waals surface area contributed by atoms with E-state index in [0.29, 0.717) is 36.8 Å². The summed E-state index contributed by atoms with van der Waals surface area (Å²) in [6.07, 6.45) is 0.540. The molecule has 112 valence electrons. The summed E-state index contributed by atoms with van der Waals surface area (Å²) >= 11 is 0. The maximum Gasteiger partial charge on any atom is 0.252 e. The first-order valence-corrected chi connectivity index (χ1v) is 7.06. The number of nitrogens with one attached hydrogen (secondary N) is 1. The average molecular weight is 290 g/mol. The molecule has 1 aromatic rings. The lowest BCUT2D eigenvalue weighted by molar-refractivity contribution is -0.135. The zero-order chi connectivity index (χ0) is 15.0. The Morgan fingerprint density at radius 3 is 2.67 bits per heavy atom. The first kappa shape index (κ1) is 13.7. The highest BCUT2D eigenvalue weighted by Crippen LogP contribution is 2.35. The Labute approximate surface area is 123 Å². The Morgan fingerprint density at radius 2 is 1.95 bits per heavy atom. The van der Waals surface area contributed by atoms with Gasteiger partial charge in [-0.25, -0.2) is 0 Å². The molecule has 2 heterocycles. The van der Waals surface area contributed by atoms with Gasteiger partial charge in [0.25, 0.3) is 5.91 Å². The number of carbonyl (C=O) groups is 2. The fourth-order valence-corrected chi connectivity index (χ4v) is 2.56. The van der Waals surface area contributed by atoms with Gasteiger partial charge in [0.2, 0.25) is 5.91 Å². The number of nitrogens with zero attached hydrogens (tertiary/aromatic N) is 1. The van der Waals surface area contributed by atoms with E-state index in [4.69, 9.17) is 9.47 Å². The third-order valence-electron chi connectivity index (χ3n) is 3.98. The largest absolute Gasteiger partial charge is 0.486 e. The van der Waals surface area contributed by atoms with Gasteiger partial charge in [0.05, 0.1) is 0 Å². The van der Waals surface area contributed by atoms with Gasteiger partial charge < -0.3 is 19.7 Å². The zero-order valence-electron chi connectivity index (χ0n) is 12.1.